The Labute approximate surface area is 324 Å². The Morgan fingerprint density at radius 2 is 1.15 bits per heavy atom. The average Bonchev–Trinajstić information content (AvgIpc) is 3.55. The number of aromatic nitrogens is 2. The summed E-state index contributed by atoms with van der Waals surface area (Å²) in [5.41, 5.74) is 6.70. The van der Waals surface area contributed by atoms with Crippen molar-refractivity contribution in [2.24, 2.45) is 8.49 Å². The van der Waals surface area contributed by atoms with Crippen molar-refractivity contribution in [1.29, 1.82) is 0 Å². The maximum absolute atomic E-state index is 12.3. The van der Waals surface area contributed by atoms with Crippen molar-refractivity contribution in [2.75, 3.05) is 0 Å². The molecule has 0 fully saturated rings. The molecule has 2 aromatic heterocycles. The number of halogens is 3. The van der Waals surface area contributed by atoms with E-state index < -0.39 is 29.7 Å². The van der Waals surface area contributed by atoms with Gasteiger partial charge in [0.15, 0.2) is 5.60 Å². The van der Waals surface area contributed by atoms with E-state index in [0.717, 1.165) is 40.8 Å². The van der Waals surface area contributed by atoms with Gasteiger partial charge in [-0.25, -0.2) is 0 Å². The first-order valence-electron chi connectivity index (χ1n) is 17.6. The number of aliphatic hydroxyl groups is 1. The van der Waals surface area contributed by atoms with Gasteiger partial charge in [0.25, 0.3) is 0 Å². The molecule has 280 valence electrons. The third-order valence-corrected chi connectivity index (χ3v) is 12.3. The van der Waals surface area contributed by atoms with Gasteiger partial charge in [-0.2, -0.15) is 13.2 Å². The minimum Gasteiger partial charge on any atom is -0.254 e. The zero-order valence-corrected chi connectivity index (χ0v) is 34.7. The van der Waals surface area contributed by atoms with Gasteiger partial charge in [0.05, 0.1) is 11.0 Å². The minimum absolute atomic E-state index is 0.117. The fourth-order valence-electron chi connectivity index (χ4n) is 5.39. The number of pyridine rings is 2. The summed E-state index contributed by atoms with van der Waals surface area (Å²) in [5, 5.41) is 11.5. The molecule has 54 heavy (non-hydrogen) atoms. The van der Waals surface area contributed by atoms with Crippen molar-refractivity contribution in [1.82, 2.24) is 9.97 Å². The topological polar surface area (TPSA) is 70.7 Å². The molecule has 0 radical (unpaired) electrons. The van der Waals surface area contributed by atoms with Crippen molar-refractivity contribution in [2.45, 2.75) is 72.1 Å². The average molecular weight is 901 g/mol. The Hall–Kier alpha value is -4.78. The number of benzene rings is 4. The van der Waals surface area contributed by atoms with Crippen LogP contribution in [0.2, 0.25) is 0 Å². The minimum atomic E-state index is -4.64. The monoisotopic (exact) mass is 900 g/mol. The number of alkyl halides is 3. The molecule has 6 aromatic rings. The van der Waals surface area contributed by atoms with Gasteiger partial charge in [-0.1, -0.05) is 60.7 Å². The molecule has 1 atom stereocenters. The first kappa shape index (κ1) is 42.0. The smallest absolute Gasteiger partial charge is 0.0964 e. The summed E-state index contributed by atoms with van der Waals surface area (Å²) in [7, 11) is 0. The van der Waals surface area contributed by atoms with Crippen LogP contribution in [0.5, 0.6) is 0 Å². The number of fused-ring (bicyclic) bond motifs is 3. The molecule has 1 aliphatic rings. The molecule has 0 saturated carbocycles. The van der Waals surface area contributed by atoms with E-state index in [1.165, 1.54) is 52.4 Å². The van der Waals surface area contributed by atoms with Crippen LogP contribution in [0, 0.1) is 13.8 Å². The van der Waals surface area contributed by atoms with Crippen molar-refractivity contribution in [3.8, 4) is 0 Å². The summed E-state index contributed by atoms with van der Waals surface area (Å²) in [6.07, 6.45) is 2.16. The normalized spacial score (nSPS) is 13.4. The Kier molecular flexibility index (Phi) is 14.8. The molecule has 1 unspecified atom stereocenters. The number of aliphatic imine (C=N–C) groups is 1. The van der Waals surface area contributed by atoms with Gasteiger partial charge < -0.3 is 5.11 Å². The van der Waals surface area contributed by atoms with Crippen LogP contribution in [0.1, 0.15) is 63.3 Å². The summed E-state index contributed by atoms with van der Waals surface area (Å²) in [4.78, 5) is 12.9. The van der Waals surface area contributed by atoms with Gasteiger partial charge in [-0.05, 0) is 38.5 Å². The van der Waals surface area contributed by atoms with Crippen LogP contribution in [-0.2, 0) is 28.9 Å². The van der Waals surface area contributed by atoms with E-state index in [0.29, 0.717) is 0 Å². The molecular weight excluding hydrogens is 853 g/mol. The molecule has 4 aromatic carbocycles. The second-order valence-corrected chi connectivity index (χ2v) is 16.0. The van der Waals surface area contributed by atoms with Crippen LogP contribution in [-0.4, -0.2) is 31.4 Å². The van der Waals surface area contributed by atoms with E-state index in [-0.39, 0.29) is 11.0 Å². The molecule has 0 spiro atoms. The van der Waals surface area contributed by atoms with Crippen molar-refractivity contribution in [3.05, 3.63) is 162 Å². The number of rotatable bonds is 4. The SMILES string of the molecule is CC(O)(c1ccccc1)C(F)(F)F.CC1=CCC(C)=N1.Cc1cccc(C)c1[N]=[W]=[CH]C(C)(C)c1ccccc1.c1cnc2c(c1)ccc1cccnc12. The third-order valence-electron chi connectivity index (χ3n) is 8.74. The Bertz CT molecular complexity index is 2200. The third kappa shape index (κ3) is 11.6. The van der Waals surface area contributed by atoms with Gasteiger partial charge in [-0.15, -0.1) is 0 Å². The zero-order chi connectivity index (χ0) is 39.4. The largest absolute Gasteiger partial charge is 0.254 e. The van der Waals surface area contributed by atoms with Crippen molar-refractivity contribution >= 4 is 37.6 Å². The fourth-order valence-corrected chi connectivity index (χ4v) is 8.43. The molecule has 1 aliphatic heterocycles. The maximum atomic E-state index is 12.3. The number of hydrogen-bond donors (Lipinski definition) is 1. The summed E-state index contributed by atoms with van der Waals surface area (Å²) in [6.45, 7) is 13.7. The van der Waals surface area contributed by atoms with Crippen LogP contribution in [0.4, 0.5) is 18.9 Å². The van der Waals surface area contributed by atoms with Crippen LogP contribution < -0.4 is 0 Å². The van der Waals surface area contributed by atoms with E-state index in [1.54, 1.807) is 18.5 Å². The molecule has 0 aliphatic carbocycles. The molecule has 3 heterocycles. The second kappa shape index (κ2) is 19.0. The van der Waals surface area contributed by atoms with E-state index in [2.05, 4.69) is 126 Å². The van der Waals surface area contributed by atoms with Crippen LogP contribution in [0.25, 0.3) is 21.8 Å². The van der Waals surface area contributed by atoms with Gasteiger partial charge in [0, 0.05) is 41.0 Å². The number of nitrogens with zero attached hydrogens (tertiary/aromatic N) is 4. The van der Waals surface area contributed by atoms with E-state index in [9.17, 15) is 18.3 Å². The number of allylic oxidation sites excluding steroid dienone is 2. The molecule has 9 heteroatoms. The van der Waals surface area contributed by atoms with E-state index in [4.69, 9.17) is 3.50 Å². The Morgan fingerprint density at radius 1 is 0.648 bits per heavy atom. The summed E-state index contributed by atoms with van der Waals surface area (Å²) in [5.74, 6) is 0. The molecule has 0 saturated heterocycles. The maximum Gasteiger partial charge on any atom is 0.0964 e. The van der Waals surface area contributed by atoms with Crippen LogP contribution in [0.15, 0.2) is 148 Å². The van der Waals surface area contributed by atoms with E-state index in [1.807, 2.05) is 26.0 Å². The number of hydrogen-bond acceptors (Lipinski definition) is 5. The molecule has 7 rings (SSSR count). The summed E-state index contributed by atoms with van der Waals surface area (Å²) in [6, 6.07) is 36.2. The van der Waals surface area contributed by atoms with Crippen LogP contribution in [0.3, 0.4) is 0 Å². The Morgan fingerprint density at radius 3 is 1.57 bits per heavy atom. The Balaban J connectivity index is 0.000000169. The second-order valence-electron chi connectivity index (χ2n) is 13.7. The van der Waals surface area contributed by atoms with E-state index >= 15 is 0 Å². The molecule has 5 nitrogen and oxygen atoms in total. The molecular formula is C45H47F3N4OW. The summed E-state index contributed by atoms with van der Waals surface area (Å²) < 4.78 is 44.2. The molecule has 1 N–H and O–H groups in total. The first-order valence-corrected chi connectivity index (χ1v) is 20.6. The molecule has 0 bridgehead atoms. The molecule has 0 amide bonds. The number of aryl methyl sites for hydroxylation is 2. The van der Waals surface area contributed by atoms with Gasteiger partial charge in [0.1, 0.15) is 0 Å². The quantitative estimate of drug-likeness (QED) is 0.179. The van der Waals surface area contributed by atoms with Gasteiger partial charge >= 0.3 is 136 Å². The van der Waals surface area contributed by atoms with Crippen LogP contribution >= 0.6 is 0 Å². The zero-order valence-electron chi connectivity index (χ0n) is 31.8. The fraction of sp³-hybridized carbons (Fsp3) is 0.244. The van der Waals surface area contributed by atoms with Gasteiger partial charge in [0.2, 0.25) is 0 Å². The van der Waals surface area contributed by atoms with Crippen molar-refractivity contribution in [3.63, 3.8) is 0 Å². The van der Waals surface area contributed by atoms with Crippen molar-refractivity contribution < 1.29 is 36.2 Å². The predicted molar refractivity (Wildman–Crippen MR) is 214 cm³/mol. The standard InChI is InChI=1S/C12H8N2.C10H12.C9H9F3O.C8H9N.C6H9N.W/c1-3-9-5-6-10-4-2-8-14-12(10)11(9)13-7-1;1-10(2,3)9-7-5-4-6-8-9;1-8(13,9(10,11)12)7-5-3-2-4-6-7;1-6-4-3-5-7(2)8(6)9;1-5-3-4-6(2)7-5;/h1-8H;1,4-8H,2-3H3;2-6,13H,1H3;3-5H,1-2H3;3H,4H2,1-2H3;. The summed E-state index contributed by atoms with van der Waals surface area (Å²) >= 11 is -0.842. The first-order chi connectivity index (χ1) is 25.6. The predicted octanol–water partition coefficient (Wildman–Crippen LogP) is 12.0. The van der Waals surface area contributed by atoms with Gasteiger partial charge in [-0.3, -0.25) is 15.0 Å².